The van der Waals surface area contributed by atoms with E-state index in [2.05, 4.69) is 4.90 Å². The topological polar surface area (TPSA) is 56.5 Å². The predicted octanol–water partition coefficient (Wildman–Crippen LogP) is 1.84. The summed E-state index contributed by atoms with van der Waals surface area (Å²) < 4.78 is 5.76. The summed E-state index contributed by atoms with van der Waals surface area (Å²) in [5, 5.41) is 12.1. The maximum Gasteiger partial charge on any atom is 0.153 e. The molecule has 5 heteroatoms. The molecule has 1 aliphatic heterocycles. The Bertz CT molecular complexity index is 717. The first-order valence-corrected chi connectivity index (χ1v) is 6.74. The summed E-state index contributed by atoms with van der Waals surface area (Å²) in [5.41, 5.74) is 2.79. The summed E-state index contributed by atoms with van der Waals surface area (Å²) in [6, 6.07) is 3.83. The molecule has 20 heavy (non-hydrogen) atoms. The van der Waals surface area contributed by atoms with Crippen molar-refractivity contribution in [2.75, 3.05) is 13.6 Å². The van der Waals surface area contributed by atoms with E-state index in [4.69, 9.17) is 16.0 Å². The summed E-state index contributed by atoms with van der Waals surface area (Å²) in [5.74, 6) is -0.710. The SMILES string of the molecule is CN1CCc2ccc(Cl)c3oc(/C=C/C(=O)[O-])c(c23)C1. The van der Waals surface area contributed by atoms with Crippen LogP contribution in [0.2, 0.25) is 5.02 Å². The number of nitrogens with zero attached hydrogens (tertiary/aromatic N) is 1. The lowest BCUT2D eigenvalue weighted by atomic mass is 10.0. The number of aliphatic carboxylic acids is 1. The van der Waals surface area contributed by atoms with Crippen molar-refractivity contribution in [1.29, 1.82) is 0 Å². The zero-order valence-electron chi connectivity index (χ0n) is 11.0. The summed E-state index contributed by atoms with van der Waals surface area (Å²) in [4.78, 5) is 12.8. The third-order valence-corrected chi connectivity index (χ3v) is 3.87. The molecule has 0 fully saturated rings. The largest absolute Gasteiger partial charge is 0.545 e. The van der Waals surface area contributed by atoms with Crippen molar-refractivity contribution < 1.29 is 14.3 Å². The van der Waals surface area contributed by atoms with Crippen molar-refractivity contribution in [1.82, 2.24) is 4.90 Å². The molecule has 104 valence electrons. The van der Waals surface area contributed by atoms with Gasteiger partial charge in [0, 0.05) is 24.0 Å². The van der Waals surface area contributed by atoms with Crippen molar-refractivity contribution in [2.45, 2.75) is 13.0 Å². The number of benzene rings is 1. The van der Waals surface area contributed by atoms with Crippen LogP contribution in [-0.2, 0) is 17.8 Å². The van der Waals surface area contributed by atoms with Crippen LogP contribution in [0.5, 0.6) is 0 Å². The lowest BCUT2D eigenvalue weighted by Crippen LogP contribution is -2.19. The number of carbonyl (C=O) groups is 1. The minimum absolute atomic E-state index is 0.535. The van der Waals surface area contributed by atoms with E-state index in [1.54, 1.807) is 0 Å². The van der Waals surface area contributed by atoms with E-state index < -0.39 is 5.97 Å². The summed E-state index contributed by atoms with van der Waals surface area (Å²) in [6.45, 7) is 1.64. The van der Waals surface area contributed by atoms with Gasteiger partial charge in [0.25, 0.3) is 0 Å². The standard InChI is InChI=1S/C15H14ClNO3/c1-17-7-6-9-2-3-11(16)15-14(9)10(8-17)12(20-15)4-5-13(18)19/h2-5H,6-8H2,1H3,(H,18,19)/p-1/b5-4+. The van der Waals surface area contributed by atoms with E-state index >= 15 is 0 Å². The van der Waals surface area contributed by atoms with E-state index in [0.717, 1.165) is 30.0 Å². The number of carbonyl (C=O) groups excluding carboxylic acids is 1. The fourth-order valence-corrected chi connectivity index (χ4v) is 2.82. The van der Waals surface area contributed by atoms with Crippen LogP contribution < -0.4 is 5.11 Å². The molecule has 4 nitrogen and oxygen atoms in total. The molecule has 1 aromatic carbocycles. The second-order valence-corrected chi connectivity index (χ2v) is 5.40. The Labute approximate surface area is 121 Å². The van der Waals surface area contributed by atoms with Crippen LogP contribution in [0.25, 0.3) is 17.0 Å². The molecule has 0 spiro atoms. The Kier molecular flexibility index (Phi) is 3.28. The highest BCUT2D eigenvalue weighted by Crippen LogP contribution is 2.36. The van der Waals surface area contributed by atoms with Gasteiger partial charge in [0.15, 0.2) is 5.58 Å². The molecule has 0 N–H and O–H groups in total. The first kappa shape index (κ1) is 13.2. The molecule has 0 saturated heterocycles. The number of carboxylic acids is 1. The molecule has 2 heterocycles. The summed E-state index contributed by atoms with van der Waals surface area (Å²) in [6.07, 6.45) is 3.33. The second-order valence-electron chi connectivity index (χ2n) is 5.00. The van der Waals surface area contributed by atoms with Crippen LogP contribution in [0.4, 0.5) is 0 Å². The van der Waals surface area contributed by atoms with Crippen molar-refractivity contribution in [2.24, 2.45) is 0 Å². The van der Waals surface area contributed by atoms with Gasteiger partial charge in [0.05, 0.1) is 11.0 Å². The van der Waals surface area contributed by atoms with Gasteiger partial charge in [0.2, 0.25) is 0 Å². The zero-order chi connectivity index (χ0) is 14.3. The van der Waals surface area contributed by atoms with Gasteiger partial charge in [0.1, 0.15) is 5.76 Å². The van der Waals surface area contributed by atoms with Crippen molar-refractivity contribution in [3.63, 3.8) is 0 Å². The van der Waals surface area contributed by atoms with E-state index in [-0.39, 0.29) is 0 Å². The number of likely N-dealkylation sites (N-methyl/N-ethyl adjacent to an activating group) is 1. The Morgan fingerprint density at radius 1 is 1.50 bits per heavy atom. The molecule has 3 rings (SSSR count). The number of carboxylic acid groups (broad SMARTS) is 1. The number of halogens is 1. The Morgan fingerprint density at radius 2 is 2.30 bits per heavy atom. The molecule has 0 radical (unpaired) electrons. The molecular weight excluding hydrogens is 278 g/mol. The minimum Gasteiger partial charge on any atom is -0.545 e. The molecule has 2 aromatic rings. The normalized spacial score (nSPS) is 15.9. The smallest absolute Gasteiger partial charge is 0.153 e. The lowest BCUT2D eigenvalue weighted by molar-refractivity contribution is -0.297. The highest BCUT2D eigenvalue weighted by atomic mass is 35.5. The Hall–Kier alpha value is -1.78. The number of hydrogen-bond acceptors (Lipinski definition) is 4. The number of rotatable bonds is 2. The van der Waals surface area contributed by atoms with Crippen LogP contribution in [-0.4, -0.2) is 24.5 Å². The molecular formula is C15H13ClNO3-. The van der Waals surface area contributed by atoms with E-state index in [9.17, 15) is 9.90 Å². The van der Waals surface area contributed by atoms with Gasteiger partial charge in [-0.3, -0.25) is 0 Å². The van der Waals surface area contributed by atoms with Crippen LogP contribution in [0, 0.1) is 0 Å². The van der Waals surface area contributed by atoms with Gasteiger partial charge < -0.3 is 19.2 Å². The quantitative estimate of drug-likeness (QED) is 0.792. The fraction of sp³-hybridized carbons (Fsp3) is 0.267. The maximum atomic E-state index is 10.6. The maximum absolute atomic E-state index is 10.6. The van der Waals surface area contributed by atoms with Crippen molar-refractivity contribution >= 4 is 34.6 Å². The van der Waals surface area contributed by atoms with E-state index in [1.165, 1.54) is 11.6 Å². The molecule has 0 unspecified atom stereocenters. The molecule has 1 aromatic heterocycles. The predicted molar refractivity (Wildman–Crippen MR) is 75.3 cm³/mol. The molecule has 0 saturated carbocycles. The van der Waals surface area contributed by atoms with Crippen LogP contribution in [0.3, 0.4) is 0 Å². The molecule has 1 aliphatic rings. The minimum atomic E-state index is -1.24. The lowest BCUT2D eigenvalue weighted by Gasteiger charge is -2.12. The van der Waals surface area contributed by atoms with Gasteiger partial charge in [-0.2, -0.15) is 0 Å². The highest BCUT2D eigenvalue weighted by molar-refractivity contribution is 6.35. The monoisotopic (exact) mass is 290 g/mol. The Morgan fingerprint density at radius 3 is 3.05 bits per heavy atom. The van der Waals surface area contributed by atoms with Gasteiger partial charge in [-0.15, -0.1) is 0 Å². The molecule has 0 atom stereocenters. The fourth-order valence-electron chi connectivity index (χ4n) is 2.63. The Balaban J connectivity index is 2.26. The summed E-state index contributed by atoms with van der Waals surface area (Å²) in [7, 11) is 2.03. The van der Waals surface area contributed by atoms with Crippen LogP contribution >= 0.6 is 11.6 Å². The number of hydrogen-bond donors (Lipinski definition) is 0. The first-order chi connectivity index (χ1) is 9.56. The molecule has 0 aliphatic carbocycles. The average molecular weight is 291 g/mol. The van der Waals surface area contributed by atoms with E-state index in [1.807, 2.05) is 19.2 Å². The number of furan rings is 1. The van der Waals surface area contributed by atoms with Gasteiger partial charge in [-0.05, 0) is 37.3 Å². The van der Waals surface area contributed by atoms with Crippen molar-refractivity contribution in [3.8, 4) is 0 Å². The molecule has 0 amide bonds. The zero-order valence-corrected chi connectivity index (χ0v) is 11.7. The second kappa shape index (κ2) is 4.96. The van der Waals surface area contributed by atoms with Crippen LogP contribution in [0.15, 0.2) is 22.6 Å². The summed E-state index contributed by atoms with van der Waals surface area (Å²) >= 11 is 6.19. The van der Waals surface area contributed by atoms with Gasteiger partial charge in [-0.25, -0.2) is 0 Å². The highest BCUT2D eigenvalue weighted by Gasteiger charge is 2.22. The van der Waals surface area contributed by atoms with Gasteiger partial charge in [-0.1, -0.05) is 17.7 Å². The molecule has 0 bridgehead atoms. The van der Waals surface area contributed by atoms with E-state index in [0.29, 0.717) is 22.9 Å². The third-order valence-electron chi connectivity index (χ3n) is 3.57. The van der Waals surface area contributed by atoms with Crippen molar-refractivity contribution in [3.05, 3.63) is 40.1 Å². The van der Waals surface area contributed by atoms with Gasteiger partial charge >= 0.3 is 0 Å². The third kappa shape index (κ3) is 2.21. The van der Waals surface area contributed by atoms with Crippen LogP contribution in [0.1, 0.15) is 16.9 Å². The average Bonchev–Trinajstić information content (AvgIpc) is 2.66. The first-order valence-electron chi connectivity index (χ1n) is 6.36.